The van der Waals surface area contributed by atoms with Crippen LogP contribution < -0.4 is 24.8 Å². The maximum absolute atomic E-state index is 14.0. The first-order valence-corrected chi connectivity index (χ1v) is 13.3. The third-order valence-electron chi connectivity index (χ3n) is 7.71. The van der Waals surface area contributed by atoms with Crippen molar-refractivity contribution in [3.63, 3.8) is 0 Å². The second kappa shape index (κ2) is 12.0. The zero-order chi connectivity index (χ0) is 29.9. The molecule has 3 aromatic carbocycles. The monoisotopic (exact) mass is 560 g/mol. The van der Waals surface area contributed by atoms with E-state index in [1.54, 1.807) is 36.4 Å². The van der Waals surface area contributed by atoms with Gasteiger partial charge in [-0.1, -0.05) is 36.4 Å². The molecule has 0 aliphatic heterocycles. The molecule has 0 heterocycles. The summed E-state index contributed by atoms with van der Waals surface area (Å²) in [7, 11) is 4.37. The van der Waals surface area contributed by atoms with Crippen molar-refractivity contribution in [2.24, 2.45) is 11.8 Å². The quantitative estimate of drug-likeness (QED) is 0.343. The smallest absolute Gasteiger partial charge is 0.235 e. The molecule has 0 saturated heterocycles. The van der Waals surface area contributed by atoms with Crippen LogP contribution in [0.15, 0.2) is 60.7 Å². The Hall–Kier alpha value is -4.37. The predicted octanol–water partition coefficient (Wildman–Crippen LogP) is 4.65. The lowest BCUT2D eigenvalue weighted by atomic mass is 9.61. The van der Waals surface area contributed by atoms with E-state index >= 15 is 0 Å². The van der Waals surface area contributed by atoms with Gasteiger partial charge in [-0.3, -0.25) is 14.4 Å². The van der Waals surface area contributed by atoms with Crippen LogP contribution in [0, 0.1) is 25.7 Å². The lowest BCUT2D eigenvalue weighted by molar-refractivity contribution is -0.150. The summed E-state index contributed by atoms with van der Waals surface area (Å²) in [5.74, 6) is -4.27. The fourth-order valence-electron chi connectivity index (χ4n) is 5.63. The molecule has 216 valence electrons. The number of ether oxygens (including phenoxy) is 3. The van der Waals surface area contributed by atoms with Crippen molar-refractivity contribution in [3.8, 4) is 17.2 Å². The summed E-state index contributed by atoms with van der Waals surface area (Å²) >= 11 is 0. The van der Waals surface area contributed by atoms with Gasteiger partial charge in [0.15, 0.2) is 11.5 Å². The molecule has 4 unspecified atom stereocenters. The molecule has 0 radical (unpaired) electrons. The van der Waals surface area contributed by atoms with Crippen molar-refractivity contribution >= 4 is 29.0 Å². The molecule has 1 aliphatic carbocycles. The van der Waals surface area contributed by atoms with Gasteiger partial charge in [-0.05, 0) is 61.7 Å². The number of amides is 2. The number of benzene rings is 3. The van der Waals surface area contributed by atoms with Crippen LogP contribution in [0.25, 0.3) is 0 Å². The minimum atomic E-state index is -1.77. The molecule has 41 heavy (non-hydrogen) atoms. The number of aliphatic hydroxyl groups is 1. The van der Waals surface area contributed by atoms with Crippen LogP contribution in [0.4, 0.5) is 11.4 Å². The van der Waals surface area contributed by atoms with Crippen LogP contribution in [0.1, 0.15) is 36.0 Å². The van der Waals surface area contributed by atoms with Crippen molar-refractivity contribution in [2.45, 2.75) is 38.7 Å². The molecule has 0 bridgehead atoms. The molecule has 9 heteroatoms. The Balaban J connectivity index is 1.89. The average molecular weight is 561 g/mol. The molecule has 9 nitrogen and oxygen atoms in total. The second-order valence-corrected chi connectivity index (χ2v) is 10.5. The largest absolute Gasteiger partial charge is 0.493 e. The summed E-state index contributed by atoms with van der Waals surface area (Å²) in [5, 5.41) is 17.4. The van der Waals surface area contributed by atoms with Gasteiger partial charge in [0.1, 0.15) is 11.7 Å². The minimum Gasteiger partial charge on any atom is -0.493 e. The molecule has 4 atom stereocenters. The highest BCUT2D eigenvalue weighted by molar-refractivity contribution is 6.10. The molecule has 1 aliphatic rings. The van der Waals surface area contributed by atoms with Crippen LogP contribution in [0.3, 0.4) is 0 Å². The number of aryl methyl sites for hydroxylation is 2. The molecule has 3 aromatic rings. The number of carbonyl (C=O) groups is 3. The normalized spacial score (nSPS) is 22.0. The topological polar surface area (TPSA) is 123 Å². The van der Waals surface area contributed by atoms with Crippen molar-refractivity contribution in [1.29, 1.82) is 0 Å². The van der Waals surface area contributed by atoms with Gasteiger partial charge in [0.05, 0.1) is 32.8 Å². The number of nitrogens with one attached hydrogen (secondary N) is 2. The van der Waals surface area contributed by atoms with Gasteiger partial charge in [0, 0.05) is 23.7 Å². The van der Waals surface area contributed by atoms with E-state index in [-0.39, 0.29) is 17.9 Å². The van der Waals surface area contributed by atoms with Gasteiger partial charge in [-0.2, -0.15) is 0 Å². The van der Waals surface area contributed by atoms with E-state index in [2.05, 4.69) is 10.6 Å². The van der Waals surface area contributed by atoms with Crippen LogP contribution >= 0.6 is 0 Å². The van der Waals surface area contributed by atoms with Crippen LogP contribution in [0.5, 0.6) is 17.2 Å². The van der Waals surface area contributed by atoms with Crippen molar-refractivity contribution in [1.82, 2.24) is 0 Å². The molecule has 1 saturated carbocycles. The summed E-state index contributed by atoms with van der Waals surface area (Å²) in [4.78, 5) is 41.6. The highest BCUT2D eigenvalue weighted by atomic mass is 16.5. The fourth-order valence-corrected chi connectivity index (χ4v) is 5.63. The van der Waals surface area contributed by atoms with E-state index in [4.69, 9.17) is 14.2 Å². The number of methoxy groups -OCH3 is 3. The van der Waals surface area contributed by atoms with Crippen molar-refractivity contribution in [2.75, 3.05) is 32.0 Å². The van der Waals surface area contributed by atoms with Crippen LogP contribution in [-0.4, -0.2) is 49.6 Å². The van der Waals surface area contributed by atoms with Gasteiger partial charge >= 0.3 is 0 Å². The number of rotatable bonds is 8. The third-order valence-corrected chi connectivity index (χ3v) is 7.71. The number of para-hydroxylation sites is 2. The van der Waals surface area contributed by atoms with E-state index in [9.17, 15) is 19.5 Å². The van der Waals surface area contributed by atoms with Gasteiger partial charge < -0.3 is 30.0 Å². The van der Waals surface area contributed by atoms with Gasteiger partial charge in [-0.25, -0.2) is 0 Å². The van der Waals surface area contributed by atoms with Crippen molar-refractivity contribution < 1.29 is 33.7 Å². The molecule has 0 spiro atoms. The first kappa shape index (κ1) is 29.6. The van der Waals surface area contributed by atoms with Crippen molar-refractivity contribution in [3.05, 3.63) is 77.4 Å². The summed E-state index contributed by atoms with van der Waals surface area (Å²) in [6.07, 6.45) is -0.383. The number of anilines is 2. The van der Waals surface area contributed by atoms with Crippen LogP contribution in [0.2, 0.25) is 0 Å². The van der Waals surface area contributed by atoms with Crippen LogP contribution in [-0.2, 0) is 14.4 Å². The highest BCUT2D eigenvalue weighted by Gasteiger charge is 2.56. The molecule has 1 fully saturated rings. The van der Waals surface area contributed by atoms with E-state index in [1.165, 1.54) is 28.3 Å². The molecular weight excluding hydrogens is 524 g/mol. The third kappa shape index (κ3) is 5.90. The maximum atomic E-state index is 14.0. The van der Waals surface area contributed by atoms with Gasteiger partial charge in [0.2, 0.25) is 17.6 Å². The highest BCUT2D eigenvalue weighted by Crippen LogP contribution is 2.50. The van der Waals surface area contributed by atoms with Gasteiger partial charge in [-0.15, -0.1) is 0 Å². The number of Topliss-reactive ketones (excluding diaryl/α,β-unsaturated/α-hetero) is 1. The Labute approximate surface area is 239 Å². The Morgan fingerprint density at radius 2 is 1.32 bits per heavy atom. The Bertz CT molecular complexity index is 1440. The molecule has 2 amide bonds. The predicted molar refractivity (Wildman–Crippen MR) is 156 cm³/mol. The molecule has 0 aromatic heterocycles. The van der Waals surface area contributed by atoms with E-state index in [1.807, 2.05) is 38.1 Å². The van der Waals surface area contributed by atoms with Gasteiger partial charge in [0.25, 0.3) is 0 Å². The lowest BCUT2D eigenvalue weighted by Gasteiger charge is -2.44. The summed E-state index contributed by atoms with van der Waals surface area (Å²) in [6.45, 7) is 5.15. The maximum Gasteiger partial charge on any atom is 0.235 e. The van der Waals surface area contributed by atoms with E-state index in [0.717, 1.165) is 11.1 Å². The lowest BCUT2D eigenvalue weighted by Crippen LogP contribution is -2.56. The Morgan fingerprint density at radius 1 is 0.829 bits per heavy atom. The number of hydrogen-bond acceptors (Lipinski definition) is 7. The fraction of sp³-hybridized carbons (Fsp3) is 0.344. The molecule has 4 rings (SSSR count). The standard InChI is InChI=1S/C32H36N2O7/c1-18-11-7-9-13-21(18)33-30(36)27-23(35)17-32(3,38)28(31(37)34-22-14-10-8-12-19(22)2)26(27)20-15-24(39-4)29(41-6)25(16-20)40-5/h7-16,26-28,38H,17H2,1-6H3,(H,33,36)(H,34,37). The number of hydrogen-bond donors (Lipinski definition) is 3. The first-order chi connectivity index (χ1) is 19.5. The number of carbonyl (C=O) groups excluding carboxylic acids is 3. The van der Waals surface area contributed by atoms with E-state index < -0.39 is 41.0 Å². The first-order valence-electron chi connectivity index (χ1n) is 13.3. The summed E-state index contributed by atoms with van der Waals surface area (Å²) in [5.41, 5.74) is 1.39. The second-order valence-electron chi connectivity index (χ2n) is 10.5. The molecule has 3 N–H and O–H groups in total. The minimum absolute atomic E-state index is 0.288. The zero-order valence-corrected chi connectivity index (χ0v) is 24.1. The number of ketones is 1. The average Bonchev–Trinajstić information content (AvgIpc) is 2.93. The zero-order valence-electron chi connectivity index (χ0n) is 24.1. The summed E-state index contributed by atoms with van der Waals surface area (Å²) in [6, 6.07) is 17.7. The Kier molecular flexibility index (Phi) is 8.68. The van der Waals surface area contributed by atoms with E-state index in [0.29, 0.717) is 22.7 Å². The Morgan fingerprint density at radius 3 is 1.78 bits per heavy atom. The SMILES string of the molecule is COc1cc(C2C(C(=O)Nc3ccccc3C)C(=O)CC(C)(O)C2C(=O)Nc2ccccc2C)cc(OC)c1OC. The molecular formula is C32H36N2O7. The summed E-state index contributed by atoms with van der Waals surface area (Å²) < 4.78 is 16.6.